The zero-order valence-corrected chi connectivity index (χ0v) is 12.9. The van der Waals surface area contributed by atoms with E-state index in [0.29, 0.717) is 0 Å². The summed E-state index contributed by atoms with van der Waals surface area (Å²) in [6.45, 7) is 7.02. The van der Waals surface area contributed by atoms with Gasteiger partial charge in [0.05, 0.1) is 0 Å². The van der Waals surface area contributed by atoms with Crippen LogP contribution in [-0.2, 0) is 14.4 Å². The third kappa shape index (κ3) is 5.73. The number of hydrogen-bond acceptors (Lipinski definition) is 8. The zero-order chi connectivity index (χ0) is 16.0. The number of rotatable bonds is 5. The number of anilines is 1. The maximum atomic E-state index is 11.5. The molecule has 0 aliphatic rings. The van der Waals surface area contributed by atoms with Crippen LogP contribution in [0.1, 0.15) is 33.5 Å². The van der Waals surface area contributed by atoms with Crippen molar-refractivity contribution >= 4 is 34.4 Å². The fraction of sp³-hybridized carbons (Fsp3) is 0.545. The number of aromatic nitrogens is 2. The molecule has 0 atom stereocenters. The Morgan fingerprint density at radius 3 is 2.62 bits per heavy atom. The lowest BCUT2D eigenvalue weighted by atomic mass is 10.2. The minimum atomic E-state index is -1.33. The van der Waals surface area contributed by atoms with Crippen LogP contribution in [0.15, 0.2) is 5.16 Å². The van der Waals surface area contributed by atoms with Gasteiger partial charge in [0, 0.05) is 11.5 Å². The van der Waals surface area contributed by atoms with Crippen LogP contribution in [-0.4, -0.2) is 44.4 Å². The number of ether oxygens (including phenoxy) is 1. The summed E-state index contributed by atoms with van der Waals surface area (Å²) in [5.41, 5.74) is -1.09. The van der Waals surface area contributed by atoms with E-state index in [0.717, 1.165) is 11.5 Å². The Bertz CT molecular complexity index is 549. The van der Waals surface area contributed by atoms with Gasteiger partial charge in [-0.25, -0.2) is 9.59 Å². The van der Waals surface area contributed by atoms with E-state index in [1.54, 1.807) is 27.7 Å². The van der Waals surface area contributed by atoms with Gasteiger partial charge in [-0.3, -0.25) is 5.32 Å². The van der Waals surface area contributed by atoms with E-state index in [1.165, 1.54) is 0 Å². The molecule has 0 aliphatic carbocycles. The van der Waals surface area contributed by atoms with E-state index >= 15 is 0 Å². The second-order valence-electron chi connectivity index (χ2n) is 4.71. The van der Waals surface area contributed by atoms with Gasteiger partial charge in [0.25, 0.3) is 0 Å². The highest BCUT2D eigenvalue weighted by Gasteiger charge is 2.21. The highest BCUT2D eigenvalue weighted by molar-refractivity contribution is 7.10. The summed E-state index contributed by atoms with van der Waals surface area (Å²) in [5, 5.41) is 14.9. The number of amides is 1. The minimum Gasteiger partial charge on any atom is -0.476 e. The first kappa shape index (κ1) is 16.8. The Balaban J connectivity index is 2.80. The molecule has 0 saturated carbocycles. The fourth-order valence-electron chi connectivity index (χ4n) is 1.07. The lowest BCUT2D eigenvalue weighted by molar-refractivity contribution is -0.129. The monoisotopic (exact) mass is 316 g/mol. The standard InChI is InChI=1S/C11H16N4O5S/c1-5-19-14-6(8(16)17)7-12-9(21-15-7)13-10(18)20-11(2,3)4/h5H2,1-4H3,(H,16,17)(H,12,13,15,18). The van der Waals surface area contributed by atoms with Crippen molar-refractivity contribution in [2.45, 2.75) is 33.3 Å². The summed E-state index contributed by atoms with van der Waals surface area (Å²) in [7, 11) is 0. The topological polar surface area (TPSA) is 123 Å². The second kappa shape index (κ2) is 6.97. The Morgan fingerprint density at radius 2 is 2.10 bits per heavy atom. The molecule has 0 unspecified atom stereocenters. The molecule has 0 radical (unpaired) electrons. The molecule has 0 fully saturated rings. The van der Waals surface area contributed by atoms with Gasteiger partial charge in [0.2, 0.25) is 16.7 Å². The number of oxime groups is 1. The van der Waals surface area contributed by atoms with Gasteiger partial charge in [0.1, 0.15) is 12.2 Å². The van der Waals surface area contributed by atoms with Crippen molar-refractivity contribution < 1.29 is 24.3 Å². The highest BCUT2D eigenvalue weighted by atomic mass is 32.1. The van der Waals surface area contributed by atoms with Gasteiger partial charge in [-0.05, 0) is 27.7 Å². The molecule has 0 aromatic carbocycles. The number of hydrogen-bond donors (Lipinski definition) is 2. The molecule has 2 N–H and O–H groups in total. The molecule has 1 aromatic heterocycles. The summed E-state index contributed by atoms with van der Waals surface area (Å²) in [6, 6.07) is 0. The highest BCUT2D eigenvalue weighted by Crippen LogP contribution is 2.14. The first-order chi connectivity index (χ1) is 9.73. The number of nitrogens with one attached hydrogen (secondary N) is 1. The van der Waals surface area contributed by atoms with Crippen molar-refractivity contribution in [3.8, 4) is 0 Å². The SMILES string of the molecule is CCON=C(C(=O)O)c1nsc(NC(=O)OC(C)(C)C)n1. The minimum absolute atomic E-state index is 0.102. The Hall–Kier alpha value is -2.23. The van der Waals surface area contributed by atoms with Gasteiger partial charge in [-0.15, -0.1) is 0 Å². The Kier molecular flexibility index (Phi) is 5.59. The number of carbonyl (C=O) groups excluding carboxylic acids is 1. The largest absolute Gasteiger partial charge is 0.476 e. The van der Waals surface area contributed by atoms with E-state index in [-0.39, 0.29) is 17.6 Å². The van der Waals surface area contributed by atoms with Crippen molar-refractivity contribution in [2.75, 3.05) is 11.9 Å². The number of carboxylic acid groups (broad SMARTS) is 1. The average molecular weight is 316 g/mol. The summed E-state index contributed by atoms with van der Waals surface area (Å²) in [4.78, 5) is 31.1. The van der Waals surface area contributed by atoms with E-state index in [1.807, 2.05) is 0 Å². The molecule has 1 heterocycles. The maximum Gasteiger partial charge on any atom is 0.414 e. The van der Waals surface area contributed by atoms with Crippen LogP contribution in [0.3, 0.4) is 0 Å². The molecular weight excluding hydrogens is 300 g/mol. The van der Waals surface area contributed by atoms with Gasteiger partial charge >= 0.3 is 12.1 Å². The normalized spacial score (nSPS) is 11.9. The van der Waals surface area contributed by atoms with E-state index in [9.17, 15) is 9.59 Å². The van der Waals surface area contributed by atoms with Crippen LogP contribution >= 0.6 is 11.5 Å². The van der Waals surface area contributed by atoms with Crippen LogP contribution in [0.2, 0.25) is 0 Å². The Labute approximate surface area is 125 Å². The van der Waals surface area contributed by atoms with Crippen LogP contribution in [0.4, 0.5) is 9.93 Å². The van der Waals surface area contributed by atoms with E-state index in [4.69, 9.17) is 9.84 Å². The molecule has 10 heteroatoms. The molecular formula is C11H16N4O5S. The molecule has 116 valence electrons. The predicted octanol–water partition coefficient (Wildman–Crippen LogP) is 1.71. The molecule has 1 rings (SSSR count). The molecule has 0 spiro atoms. The smallest absolute Gasteiger partial charge is 0.414 e. The molecule has 0 aliphatic heterocycles. The van der Waals surface area contributed by atoms with E-state index < -0.39 is 23.4 Å². The van der Waals surface area contributed by atoms with Crippen LogP contribution in [0.25, 0.3) is 0 Å². The number of carboxylic acids is 1. The van der Waals surface area contributed by atoms with Gasteiger partial charge in [-0.1, -0.05) is 5.16 Å². The number of nitrogens with zero attached hydrogens (tertiary/aromatic N) is 3. The van der Waals surface area contributed by atoms with Crippen molar-refractivity contribution in [3.63, 3.8) is 0 Å². The predicted molar refractivity (Wildman–Crippen MR) is 75.6 cm³/mol. The van der Waals surface area contributed by atoms with E-state index in [2.05, 4.69) is 24.7 Å². The summed E-state index contributed by atoms with van der Waals surface area (Å²) < 4.78 is 8.85. The van der Waals surface area contributed by atoms with Crippen LogP contribution < -0.4 is 5.32 Å². The molecule has 1 aromatic rings. The number of carbonyl (C=O) groups is 2. The van der Waals surface area contributed by atoms with Gasteiger partial charge in [0.15, 0.2) is 0 Å². The van der Waals surface area contributed by atoms with Crippen molar-refractivity contribution in [2.24, 2.45) is 5.16 Å². The van der Waals surface area contributed by atoms with Crippen LogP contribution in [0, 0.1) is 0 Å². The molecule has 1 amide bonds. The number of aliphatic carboxylic acids is 1. The maximum absolute atomic E-state index is 11.5. The first-order valence-electron chi connectivity index (χ1n) is 6.00. The summed E-state index contributed by atoms with van der Waals surface area (Å²) in [5.74, 6) is -1.47. The van der Waals surface area contributed by atoms with Crippen molar-refractivity contribution in [3.05, 3.63) is 5.82 Å². The zero-order valence-electron chi connectivity index (χ0n) is 12.0. The van der Waals surface area contributed by atoms with Gasteiger partial charge < -0.3 is 14.7 Å². The molecule has 0 bridgehead atoms. The van der Waals surface area contributed by atoms with Crippen LogP contribution in [0.5, 0.6) is 0 Å². The van der Waals surface area contributed by atoms with Crippen molar-refractivity contribution in [1.29, 1.82) is 0 Å². The molecule has 0 saturated heterocycles. The summed E-state index contributed by atoms with van der Waals surface area (Å²) >= 11 is 0.810. The first-order valence-corrected chi connectivity index (χ1v) is 6.77. The molecule has 21 heavy (non-hydrogen) atoms. The summed E-state index contributed by atoms with van der Waals surface area (Å²) in [6.07, 6.45) is -0.705. The van der Waals surface area contributed by atoms with Gasteiger partial charge in [-0.2, -0.15) is 9.36 Å². The second-order valence-corrected chi connectivity index (χ2v) is 5.46. The Morgan fingerprint density at radius 1 is 1.43 bits per heavy atom. The average Bonchev–Trinajstić information content (AvgIpc) is 2.74. The lowest BCUT2D eigenvalue weighted by Crippen LogP contribution is -2.27. The molecule has 9 nitrogen and oxygen atoms in total. The quantitative estimate of drug-likeness (QED) is 0.626. The fourth-order valence-corrected chi connectivity index (χ4v) is 1.62. The third-order valence-corrected chi connectivity index (χ3v) is 2.36. The lowest BCUT2D eigenvalue weighted by Gasteiger charge is -2.18. The van der Waals surface area contributed by atoms with Crippen molar-refractivity contribution in [1.82, 2.24) is 9.36 Å². The third-order valence-electron chi connectivity index (χ3n) is 1.73.